The summed E-state index contributed by atoms with van der Waals surface area (Å²) in [5, 5.41) is 27.6. The second kappa shape index (κ2) is 12.7. The highest BCUT2D eigenvalue weighted by molar-refractivity contribution is 5.96. The van der Waals surface area contributed by atoms with Gasteiger partial charge < -0.3 is 19.7 Å². The molecule has 0 saturated heterocycles. The second-order valence-electron chi connectivity index (χ2n) is 8.40. The Morgan fingerprint density at radius 1 is 0.625 bits per heavy atom. The zero-order valence-corrected chi connectivity index (χ0v) is 21.7. The number of hydrogen-bond acceptors (Lipinski definition) is 8. The van der Waals surface area contributed by atoms with Gasteiger partial charge in [0.1, 0.15) is 23.0 Å². The Labute approximate surface area is 230 Å². The predicted octanol–water partition coefficient (Wildman–Crippen LogP) is 4.31. The molecule has 0 aromatic heterocycles. The summed E-state index contributed by atoms with van der Waals surface area (Å²) < 4.78 is 10.2. The number of nitrogens with one attached hydrogen (secondary N) is 2. The van der Waals surface area contributed by atoms with E-state index < -0.39 is 11.8 Å². The number of methoxy groups -OCH3 is 2. The third-order valence-corrected chi connectivity index (χ3v) is 5.84. The zero-order valence-electron chi connectivity index (χ0n) is 21.7. The molecule has 0 unspecified atom stereocenters. The summed E-state index contributed by atoms with van der Waals surface area (Å²) in [6.45, 7) is 0. The van der Waals surface area contributed by atoms with E-state index in [1.165, 1.54) is 38.8 Å². The van der Waals surface area contributed by atoms with Crippen LogP contribution in [0.3, 0.4) is 0 Å². The summed E-state index contributed by atoms with van der Waals surface area (Å²) in [7, 11) is 3.03. The number of hydrazone groups is 2. The number of amides is 2. The molecule has 4 N–H and O–H groups in total. The molecule has 202 valence electrons. The van der Waals surface area contributed by atoms with Crippen LogP contribution in [0.25, 0.3) is 11.1 Å². The van der Waals surface area contributed by atoms with Crippen molar-refractivity contribution in [2.75, 3.05) is 14.2 Å². The van der Waals surface area contributed by atoms with Crippen LogP contribution >= 0.6 is 0 Å². The van der Waals surface area contributed by atoms with Gasteiger partial charge in [0, 0.05) is 22.3 Å². The molecule has 2 amide bonds. The van der Waals surface area contributed by atoms with Gasteiger partial charge in [0.25, 0.3) is 11.8 Å². The standard InChI is InChI=1S/C30H26N4O6/c1-39-25-11-13-27(35)23(15-25)17-31-33-29(37)21-7-3-19(4-8-21)20-5-9-22(10-6-20)30(38)34-32-18-24-16-26(40-2)12-14-28(24)36/h3-18,35-36H,1-2H3,(H,33,37)(H,34,38)/b31-17+,32-18+. The first kappa shape index (κ1) is 27.4. The third-order valence-electron chi connectivity index (χ3n) is 5.84. The first-order valence-corrected chi connectivity index (χ1v) is 12.0. The van der Waals surface area contributed by atoms with Gasteiger partial charge in [0.15, 0.2) is 0 Å². The number of nitrogens with zero attached hydrogens (tertiary/aromatic N) is 2. The van der Waals surface area contributed by atoms with Gasteiger partial charge in [-0.3, -0.25) is 9.59 Å². The molecule has 4 aromatic rings. The first-order chi connectivity index (χ1) is 19.4. The molecule has 0 aliphatic heterocycles. The maximum atomic E-state index is 12.4. The van der Waals surface area contributed by atoms with Gasteiger partial charge in [-0.2, -0.15) is 10.2 Å². The fraction of sp³-hybridized carbons (Fsp3) is 0.0667. The van der Waals surface area contributed by atoms with E-state index in [4.69, 9.17) is 9.47 Å². The Balaban J connectivity index is 1.34. The summed E-state index contributed by atoms with van der Waals surface area (Å²) >= 11 is 0. The number of aromatic hydroxyl groups is 2. The van der Waals surface area contributed by atoms with E-state index in [9.17, 15) is 19.8 Å². The minimum absolute atomic E-state index is 0.00731. The average molecular weight is 539 g/mol. The smallest absolute Gasteiger partial charge is 0.271 e. The van der Waals surface area contributed by atoms with Crippen LogP contribution < -0.4 is 20.3 Å². The van der Waals surface area contributed by atoms with Crippen LogP contribution in [0.2, 0.25) is 0 Å². The number of hydrogen-bond donors (Lipinski definition) is 4. The topological polar surface area (TPSA) is 142 Å². The molecule has 10 heteroatoms. The van der Waals surface area contributed by atoms with E-state index in [1.54, 1.807) is 72.8 Å². The highest BCUT2D eigenvalue weighted by atomic mass is 16.5. The molecule has 0 atom stereocenters. The van der Waals surface area contributed by atoms with Crippen molar-refractivity contribution in [1.29, 1.82) is 0 Å². The SMILES string of the molecule is COc1ccc(O)c(/C=N/NC(=O)c2ccc(-c3ccc(C(=O)N/N=C/c4cc(OC)ccc4O)cc3)cc2)c1. The van der Waals surface area contributed by atoms with Crippen molar-refractivity contribution < 1.29 is 29.3 Å². The van der Waals surface area contributed by atoms with Crippen molar-refractivity contribution in [3.63, 3.8) is 0 Å². The van der Waals surface area contributed by atoms with E-state index in [0.717, 1.165) is 11.1 Å². The van der Waals surface area contributed by atoms with Gasteiger partial charge in [-0.1, -0.05) is 24.3 Å². The van der Waals surface area contributed by atoms with Crippen molar-refractivity contribution in [3.8, 4) is 34.1 Å². The molecule has 4 aromatic carbocycles. The Morgan fingerprint density at radius 2 is 1.00 bits per heavy atom. The fourth-order valence-electron chi connectivity index (χ4n) is 3.60. The minimum atomic E-state index is -0.417. The Morgan fingerprint density at radius 3 is 1.35 bits per heavy atom. The van der Waals surface area contributed by atoms with E-state index in [0.29, 0.717) is 33.8 Å². The van der Waals surface area contributed by atoms with Gasteiger partial charge in [-0.15, -0.1) is 0 Å². The average Bonchev–Trinajstić information content (AvgIpc) is 2.99. The molecule has 0 saturated carbocycles. The van der Waals surface area contributed by atoms with E-state index in [2.05, 4.69) is 21.1 Å². The summed E-state index contributed by atoms with van der Waals surface area (Å²) in [6.07, 6.45) is 2.66. The monoisotopic (exact) mass is 538 g/mol. The molecule has 0 aliphatic carbocycles. The number of benzene rings is 4. The highest BCUT2D eigenvalue weighted by Crippen LogP contribution is 2.23. The largest absolute Gasteiger partial charge is 0.507 e. The van der Waals surface area contributed by atoms with Crippen molar-refractivity contribution in [2.45, 2.75) is 0 Å². The normalized spacial score (nSPS) is 10.9. The molecule has 0 heterocycles. The van der Waals surface area contributed by atoms with Crippen LogP contribution in [-0.2, 0) is 0 Å². The van der Waals surface area contributed by atoms with Crippen molar-refractivity contribution in [3.05, 3.63) is 107 Å². The van der Waals surface area contributed by atoms with Crippen molar-refractivity contribution in [1.82, 2.24) is 10.9 Å². The lowest BCUT2D eigenvalue weighted by molar-refractivity contribution is 0.0947. The lowest BCUT2D eigenvalue weighted by atomic mass is 10.0. The number of carbonyl (C=O) groups is 2. The van der Waals surface area contributed by atoms with Crippen molar-refractivity contribution >= 4 is 24.2 Å². The molecule has 4 rings (SSSR count). The van der Waals surface area contributed by atoms with E-state index in [1.807, 2.05) is 0 Å². The summed E-state index contributed by atoms with van der Waals surface area (Å²) in [5.74, 6) is 0.281. The lowest BCUT2D eigenvalue weighted by Crippen LogP contribution is -2.17. The Kier molecular flexibility index (Phi) is 8.73. The molecule has 0 radical (unpaired) electrons. The van der Waals surface area contributed by atoms with E-state index in [-0.39, 0.29) is 11.5 Å². The second-order valence-corrected chi connectivity index (χ2v) is 8.40. The summed E-state index contributed by atoms with van der Waals surface area (Å²) in [5.41, 5.74) is 8.14. The Bertz CT molecular complexity index is 1450. The number of phenols is 2. The molecular weight excluding hydrogens is 512 g/mol. The summed E-state index contributed by atoms with van der Waals surface area (Å²) in [6, 6.07) is 23.1. The highest BCUT2D eigenvalue weighted by Gasteiger charge is 2.08. The first-order valence-electron chi connectivity index (χ1n) is 12.0. The van der Waals surface area contributed by atoms with Crippen LogP contribution in [-0.4, -0.2) is 48.7 Å². The number of rotatable bonds is 9. The van der Waals surface area contributed by atoms with Crippen LogP contribution in [0.4, 0.5) is 0 Å². The fourth-order valence-corrected chi connectivity index (χ4v) is 3.60. The van der Waals surface area contributed by atoms with Gasteiger partial charge in [-0.25, -0.2) is 10.9 Å². The number of phenolic OH excluding ortho intramolecular Hbond substituents is 2. The molecule has 0 spiro atoms. The van der Waals surface area contributed by atoms with Crippen molar-refractivity contribution in [2.24, 2.45) is 10.2 Å². The van der Waals surface area contributed by atoms with Gasteiger partial charge in [0.2, 0.25) is 0 Å². The van der Waals surface area contributed by atoms with Gasteiger partial charge in [-0.05, 0) is 71.8 Å². The van der Waals surface area contributed by atoms with Gasteiger partial charge in [0.05, 0.1) is 26.6 Å². The van der Waals surface area contributed by atoms with Crippen LogP contribution in [0.5, 0.6) is 23.0 Å². The maximum Gasteiger partial charge on any atom is 0.271 e. The van der Waals surface area contributed by atoms with Crippen LogP contribution in [0.1, 0.15) is 31.8 Å². The minimum Gasteiger partial charge on any atom is -0.507 e. The maximum absolute atomic E-state index is 12.4. The number of ether oxygens (including phenoxy) is 2. The number of carbonyl (C=O) groups excluding carboxylic acids is 2. The molecule has 40 heavy (non-hydrogen) atoms. The molecule has 0 aliphatic rings. The predicted molar refractivity (Wildman–Crippen MR) is 151 cm³/mol. The van der Waals surface area contributed by atoms with Crippen LogP contribution in [0.15, 0.2) is 95.1 Å². The molecule has 0 fully saturated rings. The van der Waals surface area contributed by atoms with Crippen LogP contribution in [0, 0.1) is 0 Å². The zero-order chi connectivity index (χ0) is 28.5. The molecule has 0 bridgehead atoms. The molecule has 10 nitrogen and oxygen atoms in total. The Hall–Kier alpha value is -5.64. The van der Waals surface area contributed by atoms with E-state index >= 15 is 0 Å². The lowest BCUT2D eigenvalue weighted by Gasteiger charge is -2.06. The summed E-state index contributed by atoms with van der Waals surface area (Å²) in [4.78, 5) is 24.9. The van der Waals surface area contributed by atoms with Gasteiger partial charge >= 0.3 is 0 Å². The molecular formula is C30H26N4O6. The quantitative estimate of drug-likeness (QED) is 0.185. The third kappa shape index (κ3) is 6.81.